The van der Waals surface area contributed by atoms with Gasteiger partial charge in [-0.1, -0.05) is 53.6 Å². The summed E-state index contributed by atoms with van der Waals surface area (Å²) in [6.45, 7) is 2.10. The molecule has 0 saturated heterocycles. The molecule has 0 unspecified atom stereocenters. The number of aliphatic hydroxyl groups excluding tert-OH is 1. The quantitative estimate of drug-likeness (QED) is 0.565. The van der Waals surface area contributed by atoms with Crippen molar-refractivity contribution < 1.29 is 9.90 Å². The molecule has 1 amide bonds. The van der Waals surface area contributed by atoms with Gasteiger partial charge in [0.15, 0.2) is 0 Å². The zero-order chi connectivity index (χ0) is 19.4. The van der Waals surface area contributed by atoms with E-state index in [2.05, 4.69) is 49.4 Å². The van der Waals surface area contributed by atoms with Crippen molar-refractivity contribution in [1.29, 1.82) is 0 Å². The molecule has 3 nitrogen and oxygen atoms in total. The topological polar surface area (TPSA) is 40.5 Å². The second-order valence-corrected chi connectivity index (χ2v) is 8.50. The van der Waals surface area contributed by atoms with E-state index in [1.54, 1.807) is 4.90 Å². The van der Waals surface area contributed by atoms with Crippen LogP contribution in [0.3, 0.4) is 0 Å². The molecule has 1 N–H and O–H groups in total. The number of aliphatic hydroxyl groups is 1. The Morgan fingerprint density at radius 2 is 1.96 bits per heavy atom. The van der Waals surface area contributed by atoms with Gasteiger partial charge < -0.3 is 10.0 Å². The third kappa shape index (κ3) is 5.10. The van der Waals surface area contributed by atoms with Crippen LogP contribution in [-0.4, -0.2) is 36.1 Å². The second-order valence-electron chi connectivity index (χ2n) is 8.50. The van der Waals surface area contributed by atoms with Gasteiger partial charge in [-0.3, -0.25) is 4.79 Å². The average molecular weight is 368 g/mol. The van der Waals surface area contributed by atoms with E-state index in [1.165, 1.54) is 16.7 Å². The second kappa shape index (κ2) is 8.88. The van der Waals surface area contributed by atoms with Gasteiger partial charge in [0.25, 0.3) is 0 Å². The lowest BCUT2D eigenvalue weighted by molar-refractivity contribution is -0.128. The first-order valence-electron chi connectivity index (χ1n) is 10.3. The highest BCUT2D eigenvalue weighted by Crippen LogP contribution is 2.48. The number of aryl methyl sites for hydroxylation is 1. The fraction of sp³-hybridized carbons (Fsp3) is 0.542. The molecule has 0 radical (unpaired) electrons. The predicted molar refractivity (Wildman–Crippen MR) is 111 cm³/mol. The third-order valence-electron chi connectivity index (χ3n) is 6.18. The van der Waals surface area contributed by atoms with Crippen molar-refractivity contribution in [2.45, 2.75) is 51.6 Å². The number of nitrogens with zero attached hydrogens (tertiary/aromatic N) is 1. The van der Waals surface area contributed by atoms with Crippen molar-refractivity contribution in [3.63, 3.8) is 0 Å². The van der Waals surface area contributed by atoms with Crippen LogP contribution in [0.5, 0.6) is 0 Å². The Balaban J connectivity index is 1.50. The highest BCUT2D eigenvalue weighted by molar-refractivity contribution is 5.75. The van der Waals surface area contributed by atoms with E-state index in [-0.39, 0.29) is 17.9 Å². The molecule has 27 heavy (non-hydrogen) atoms. The van der Waals surface area contributed by atoms with E-state index in [0.717, 1.165) is 32.1 Å². The van der Waals surface area contributed by atoms with E-state index < -0.39 is 0 Å². The predicted octanol–water partition coefficient (Wildman–Crippen LogP) is 4.60. The van der Waals surface area contributed by atoms with Crippen LogP contribution < -0.4 is 0 Å². The minimum atomic E-state index is -0.225. The Kier molecular flexibility index (Phi) is 6.54. The van der Waals surface area contributed by atoms with E-state index in [9.17, 15) is 9.90 Å². The molecule has 2 aliphatic rings. The first-order valence-corrected chi connectivity index (χ1v) is 10.3. The van der Waals surface area contributed by atoms with Gasteiger partial charge in [-0.15, -0.1) is 0 Å². The zero-order valence-corrected chi connectivity index (χ0v) is 16.9. The van der Waals surface area contributed by atoms with E-state index in [0.29, 0.717) is 18.3 Å². The lowest BCUT2D eigenvalue weighted by Crippen LogP contribution is -2.21. The van der Waals surface area contributed by atoms with Gasteiger partial charge in [-0.2, -0.15) is 0 Å². The van der Waals surface area contributed by atoms with Crippen LogP contribution in [0.15, 0.2) is 42.0 Å². The summed E-state index contributed by atoms with van der Waals surface area (Å²) in [6.07, 6.45) is 12.4. The van der Waals surface area contributed by atoms with Crippen LogP contribution in [0, 0.1) is 24.7 Å². The molecule has 0 heterocycles. The van der Waals surface area contributed by atoms with Crippen LogP contribution in [0.25, 0.3) is 6.08 Å². The molecule has 0 aliphatic heterocycles. The van der Waals surface area contributed by atoms with Crippen molar-refractivity contribution in [3.8, 4) is 0 Å². The number of carbonyl (C=O) groups excluding carboxylic acids is 1. The number of unbranched alkanes of at least 4 members (excludes halogenated alkanes) is 1. The lowest BCUT2D eigenvalue weighted by atomic mass is 9.88. The SMILES string of the molecule is Cc1ccc(/C=C/[C@@H]2[C@H]3CC(CCCCC(=O)N(C)C)=C[C@H]3C[C@H]2O)cc1. The molecule has 0 bridgehead atoms. The number of hydrogen-bond acceptors (Lipinski definition) is 2. The Bertz CT molecular complexity index is 702. The largest absolute Gasteiger partial charge is 0.392 e. The summed E-state index contributed by atoms with van der Waals surface area (Å²) >= 11 is 0. The minimum absolute atomic E-state index is 0.219. The van der Waals surface area contributed by atoms with E-state index in [4.69, 9.17) is 0 Å². The first-order chi connectivity index (χ1) is 12.9. The van der Waals surface area contributed by atoms with Gasteiger partial charge in [-0.05, 0) is 56.4 Å². The monoisotopic (exact) mass is 367 g/mol. The van der Waals surface area contributed by atoms with Crippen LogP contribution in [0.1, 0.15) is 49.7 Å². The molecule has 3 rings (SSSR count). The maximum Gasteiger partial charge on any atom is 0.222 e. The van der Waals surface area contributed by atoms with Crippen LogP contribution >= 0.6 is 0 Å². The highest BCUT2D eigenvalue weighted by atomic mass is 16.3. The summed E-state index contributed by atoms with van der Waals surface area (Å²) in [7, 11) is 3.64. The Morgan fingerprint density at radius 1 is 1.22 bits per heavy atom. The summed E-state index contributed by atoms with van der Waals surface area (Å²) in [5.41, 5.74) is 4.00. The van der Waals surface area contributed by atoms with E-state index in [1.807, 2.05) is 14.1 Å². The van der Waals surface area contributed by atoms with Crippen LogP contribution in [0.4, 0.5) is 0 Å². The Hall–Kier alpha value is -1.87. The van der Waals surface area contributed by atoms with Crippen LogP contribution in [0.2, 0.25) is 0 Å². The maximum atomic E-state index is 11.7. The highest BCUT2D eigenvalue weighted by Gasteiger charge is 2.43. The van der Waals surface area contributed by atoms with Gasteiger partial charge in [0.1, 0.15) is 0 Å². The summed E-state index contributed by atoms with van der Waals surface area (Å²) in [6, 6.07) is 8.53. The smallest absolute Gasteiger partial charge is 0.222 e. The summed E-state index contributed by atoms with van der Waals surface area (Å²) in [5.74, 6) is 1.53. The molecule has 1 aromatic rings. The molecule has 146 valence electrons. The van der Waals surface area contributed by atoms with Crippen molar-refractivity contribution >= 4 is 12.0 Å². The molecular formula is C24H33NO2. The third-order valence-corrected chi connectivity index (χ3v) is 6.18. The first kappa shape index (κ1) is 19.9. The Morgan fingerprint density at radius 3 is 2.67 bits per heavy atom. The van der Waals surface area contributed by atoms with Gasteiger partial charge in [0.2, 0.25) is 5.91 Å². The van der Waals surface area contributed by atoms with Crippen molar-refractivity contribution in [3.05, 3.63) is 53.1 Å². The molecule has 1 fully saturated rings. The number of rotatable bonds is 7. The zero-order valence-electron chi connectivity index (χ0n) is 16.9. The molecule has 1 aromatic carbocycles. The minimum Gasteiger partial charge on any atom is -0.392 e. The normalized spacial score (nSPS) is 27.0. The average Bonchev–Trinajstić information content (AvgIpc) is 3.14. The van der Waals surface area contributed by atoms with E-state index >= 15 is 0 Å². The summed E-state index contributed by atoms with van der Waals surface area (Å²) < 4.78 is 0. The van der Waals surface area contributed by atoms with Gasteiger partial charge in [0, 0.05) is 26.4 Å². The molecule has 3 heteroatoms. The number of carbonyl (C=O) groups is 1. The Labute approximate surface area is 163 Å². The lowest BCUT2D eigenvalue weighted by Gasteiger charge is -2.18. The fourth-order valence-corrected chi connectivity index (χ4v) is 4.54. The number of benzene rings is 1. The summed E-state index contributed by atoms with van der Waals surface area (Å²) in [4.78, 5) is 13.3. The number of amides is 1. The van der Waals surface area contributed by atoms with Crippen molar-refractivity contribution in [2.24, 2.45) is 17.8 Å². The number of allylic oxidation sites excluding steroid dienone is 2. The fourth-order valence-electron chi connectivity index (χ4n) is 4.54. The molecule has 0 spiro atoms. The molecular weight excluding hydrogens is 334 g/mol. The van der Waals surface area contributed by atoms with Crippen molar-refractivity contribution in [2.75, 3.05) is 14.1 Å². The molecule has 1 saturated carbocycles. The molecule has 0 aromatic heterocycles. The van der Waals surface area contributed by atoms with Crippen molar-refractivity contribution in [1.82, 2.24) is 4.90 Å². The number of hydrogen-bond donors (Lipinski definition) is 1. The molecule has 4 atom stereocenters. The summed E-state index contributed by atoms with van der Waals surface area (Å²) in [5, 5.41) is 10.5. The van der Waals surface area contributed by atoms with Gasteiger partial charge in [0.05, 0.1) is 6.10 Å². The van der Waals surface area contributed by atoms with Gasteiger partial charge in [-0.25, -0.2) is 0 Å². The number of fused-ring (bicyclic) bond motifs is 1. The standard InChI is InChI=1S/C24H33NO2/c1-17-8-10-18(11-9-17)12-13-21-22-15-19(14-20(22)16-23(21)26)6-4-5-7-24(27)25(2)3/h8-14,20-23,26H,4-7,15-16H2,1-3H3/b13-12+/t20-,21+,22-,23+/m0/s1. The molecule has 2 aliphatic carbocycles. The van der Waals surface area contributed by atoms with Gasteiger partial charge >= 0.3 is 0 Å². The maximum absolute atomic E-state index is 11.7. The van der Waals surface area contributed by atoms with Crippen LogP contribution in [-0.2, 0) is 4.79 Å².